The normalized spacial score (nSPS) is 21.3. The number of nitrogens with one attached hydrogen (secondary N) is 1. The third-order valence-electron chi connectivity index (χ3n) is 5.64. The summed E-state index contributed by atoms with van der Waals surface area (Å²) >= 11 is 0. The smallest absolute Gasteiger partial charge is 0.312 e. The number of carbonyl (C=O) groups excluding carboxylic acids is 3. The number of aromatic nitrogens is 4. The van der Waals surface area contributed by atoms with Crippen LogP contribution < -0.4 is 10.1 Å². The Morgan fingerprint density at radius 3 is 2.41 bits per heavy atom. The fourth-order valence-electron chi connectivity index (χ4n) is 4.11. The average Bonchev–Trinajstić information content (AvgIpc) is 3.43. The highest BCUT2D eigenvalue weighted by Gasteiger charge is 2.51. The third kappa shape index (κ3) is 6.76. The number of hydrogen-bond donors (Lipinski definition) is 1. The Balaban J connectivity index is 1.63. The molecule has 0 saturated carbocycles. The van der Waals surface area contributed by atoms with Crippen molar-refractivity contribution in [3.63, 3.8) is 0 Å². The molecule has 1 aromatic carbocycles. The SMILES string of the molecule is CC(=O)OC[C@H]1O[C@@H](n2cnc3c(N[C@H](C)COc4ccccc4)nc(F)nc32)[C@H](OC(C)=O)[C@@H]1OC(C)=O. The first-order valence-corrected chi connectivity index (χ1v) is 12.1. The number of anilines is 1. The maximum atomic E-state index is 14.6. The highest BCUT2D eigenvalue weighted by Crippen LogP contribution is 2.36. The topological polar surface area (TPSA) is 153 Å². The zero-order chi connectivity index (χ0) is 28.1. The molecule has 13 nitrogen and oxygen atoms in total. The molecule has 4 rings (SSSR count). The predicted octanol–water partition coefficient (Wildman–Crippen LogP) is 2.17. The Morgan fingerprint density at radius 2 is 1.74 bits per heavy atom. The van der Waals surface area contributed by atoms with E-state index in [1.54, 1.807) is 0 Å². The van der Waals surface area contributed by atoms with Crippen LogP contribution >= 0.6 is 0 Å². The number of halogens is 1. The van der Waals surface area contributed by atoms with E-state index in [2.05, 4.69) is 20.3 Å². The molecule has 3 aromatic rings. The van der Waals surface area contributed by atoms with Crippen LogP contribution in [0.4, 0.5) is 10.2 Å². The average molecular weight is 546 g/mol. The van der Waals surface area contributed by atoms with Gasteiger partial charge in [0, 0.05) is 20.8 Å². The van der Waals surface area contributed by atoms with Crippen molar-refractivity contribution in [2.45, 2.75) is 58.3 Å². The first kappa shape index (κ1) is 27.7. The van der Waals surface area contributed by atoms with Crippen LogP contribution in [0.15, 0.2) is 36.7 Å². The molecule has 1 saturated heterocycles. The largest absolute Gasteiger partial charge is 0.491 e. The second-order valence-corrected chi connectivity index (χ2v) is 8.85. The van der Waals surface area contributed by atoms with Crippen LogP contribution in [0.2, 0.25) is 0 Å². The number of benzene rings is 1. The molecule has 14 heteroatoms. The molecule has 5 atom stereocenters. The minimum absolute atomic E-state index is 0.0260. The maximum Gasteiger partial charge on any atom is 0.312 e. The molecule has 0 unspecified atom stereocenters. The number of nitrogens with zero attached hydrogens (tertiary/aromatic N) is 4. The van der Waals surface area contributed by atoms with Crippen molar-refractivity contribution in [3.8, 4) is 5.75 Å². The molecule has 1 N–H and O–H groups in total. The Bertz CT molecular complexity index is 1340. The lowest BCUT2D eigenvalue weighted by Crippen LogP contribution is -2.40. The lowest BCUT2D eigenvalue weighted by atomic mass is 10.1. The van der Waals surface area contributed by atoms with Crippen molar-refractivity contribution in [1.82, 2.24) is 19.5 Å². The van der Waals surface area contributed by atoms with Gasteiger partial charge in [-0.25, -0.2) is 4.98 Å². The second-order valence-electron chi connectivity index (χ2n) is 8.85. The number of para-hydroxylation sites is 1. The Labute approximate surface area is 222 Å². The summed E-state index contributed by atoms with van der Waals surface area (Å²) in [6, 6.07) is 8.90. The van der Waals surface area contributed by atoms with Crippen molar-refractivity contribution in [1.29, 1.82) is 0 Å². The van der Waals surface area contributed by atoms with Crippen molar-refractivity contribution in [3.05, 3.63) is 42.7 Å². The molecule has 39 heavy (non-hydrogen) atoms. The van der Waals surface area contributed by atoms with Gasteiger partial charge in [-0.05, 0) is 19.1 Å². The highest BCUT2D eigenvalue weighted by atomic mass is 19.1. The maximum absolute atomic E-state index is 14.6. The molecule has 0 bridgehead atoms. The number of carbonyl (C=O) groups is 3. The van der Waals surface area contributed by atoms with Crippen molar-refractivity contribution in [2.75, 3.05) is 18.5 Å². The molecule has 208 valence electrons. The van der Waals surface area contributed by atoms with E-state index in [0.29, 0.717) is 5.75 Å². The van der Waals surface area contributed by atoms with E-state index >= 15 is 0 Å². The molecule has 0 radical (unpaired) electrons. The number of hydrogen-bond acceptors (Lipinski definition) is 12. The van der Waals surface area contributed by atoms with Gasteiger partial charge in [0.1, 0.15) is 25.1 Å². The lowest BCUT2D eigenvalue weighted by molar-refractivity contribution is -0.166. The zero-order valence-electron chi connectivity index (χ0n) is 21.7. The summed E-state index contributed by atoms with van der Waals surface area (Å²) < 4.78 is 43.6. The quantitative estimate of drug-likeness (QED) is 0.226. The zero-order valence-corrected chi connectivity index (χ0v) is 21.7. The molecule has 1 fully saturated rings. The Hall–Kier alpha value is -4.33. The van der Waals surface area contributed by atoms with Gasteiger partial charge < -0.3 is 29.0 Å². The highest BCUT2D eigenvalue weighted by molar-refractivity contribution is 5.83. The number of ether oxygens (including phenoxy) is 5. The van der Waals surface area contributed by atoms with Crippen LogP contribution in [0.5, 0.6) is 5.75 Å². The van der Waals surface area contributed by atoms with Gasteiger partial charge >= 0.3 is 24.0 Å². The van der Waals surface area contributed by atoms with Gasteiger partial charge in [-0.2, -0.15) is 14.4 Å². The van der Waals surface area contributed by atoms with E-state index in [1.165, 1.54) is 31.7 Å². The second kappa shape index (κ2) is 12.0. The monoisotopic (exact) mass is 545 g/mol. The van der Waals surface area contributed by atoms with Crippen molar-refractivity contribution >= 4 is 34.9 Å². The van der Waals surface area contributed by atoms with Crippen molar-refractivity contribution < 1.29 is 42.5 Å². The molecular weight excluding hydrogens is 517 g/mol. The Kier molecular flexibility index (Phi) is 8.54. The number of imidazole rings is 1. The molecular formula is C25H28FN5O8. The fourth-order valence-corrected chi connectivity index (χ4v) is 4.11. The summed E-state index contributed by atoms with van der Waals surface area (Å²) in [6.45, 7) is 5.35. The van der Waals surface area contributed by atoms with Crippen LogP contribution in [0.1, 0.15) is 33.9 Å². The number of fused-ring (bicyclic) bond motifs is 1. The molecule has 1 aliphatic rings. The standard InChI is InChI=1S/C25H28FN5O8/c1-13(10-36-17-8-6-5-7-9-17)28-22-19-23(30-25(26)29-22)31(12-27-19)24-21(38-16(4)34)20(37-15(3)33)18(39-24)11-35-14(2)32/h5-9,12-13,18,20-21,24H,10-11H2,1-4H3,(H,28,29,30)/t13-,18-,20-,21-,24-/m1/s1. The molecule has 2 aromatic heterocycles. The third-order valence-corrected chi connectivity index (χ3v) is 5.64. The molecule has 0 aliphatic carbocycles. The van der Waals surface area contributed by atoms with Crippen LogP contribution in [0.25, 0.3) is 11.2 Å². The van der Waals surface area contributed by atoms with Gasteiger partial charge in [-0.15, -0.1) is 0 Å². The molecule has 3 heterocycles. The number of rotatable bonds is 10. The van der Waals surface area contributed by atoms with Gasteiger partial charge in [-0.1, -0.05) is 18.2 Å². The summed E-state index contributed by atoms with van der Waals surface area (Å²) in [5.41, 5.74) is 0.235. The van der Waals surface area contributed by atoms with E-state index in [-0.39, 0.29) is 36.2 Å². The first-order chi connectivity index (χ1) is 18.6. The van der Waals surface area contributed by atoms with E-state index < -0.39 is 48.5 Å². The summed E-state index contributed by atoms with van der Waals surface area (Å²) in [7, 11) is 0. The van der Waals surface area contributed by atoms with Gasteiger partial charge in [0.05, 0.1) is 12.4 Å². The summed E-state index contributed by atoms with van der Waals surface area (Å²) in [5, 5.41) is 3.07. The minimum atomic E-state index is -1.18. The Morgan fingerprint density at radius 1 is 1.05 bits per heavy atom. The molecule has 0 spiro atoms. The van der Waals surface area contributed by atoms with E-state index in [1.807, 2.05) is 37.3 Å². The fraction of sp³-hybridized carbons (Fsp3) is 0.440. The lowest BCUT2D eigenvalue weighted by Gasteiger charge is -2.23. The van der Waals surface area contributed by atoms with Gasteiger partial charge in [0.15, 0.2) is 35.4 Å². The molecule has 1 aliphatic heterocycles. The van der Waals surface area contributed by atoms with Gasteiger partial charge in [0.2, 0.25) is 0 Å². The van der Waals surface area contributed by atoms with Crippen molar-refractivity contribution in [2.24, 2.45) is 0 Å². The van der Waals surface area contributed by atoms with E-state index in [4.69, 9.17) is 23.7 Å². The van der Waals surface area contributed by atoms with Gasteiger partial charge in [0.25, 0.3) is 0 Å². The molecule has 0 amide bonds. The number of esters is 3. The predicted molar refractivity (Wildman–Crippen MR) is 132 cm³/mol. The van der Waals surface area contributed by atoms with Crippen LogP contribution in [0, 0.1) is 6.08 Å². The van der Waals surface area contributed by atoms with Crippen LogP contribution in [-0.4, -0.2) is 75.0 Å². The van der Waals surface area contributed by atoms with Crippen LogP contribution in [0.3, 0.4) is 0 Å². The summed E-state index contributed by atoms with van der Waals surface area (Å²) in [5.74, 6) is -1.16. The van der Waals surface area contributed by atoms with E-state index in [9.17, 15) is 18.8 Å². The van der Waals surface area contributed by atoms with Crippen LogP contribution in [-0.2, 0) is 33.3 Å². The van der Waals surface area contributed by atoms with Gasteiger partial charge in [-0.3, -0.25) is 19.0 Å². The summed E-state index contributed by atoms with van der Waals surface area (Å²) in [6.07, 6.45) is -4.19. The summed E-state index contributed by atoms with van der Waals surface area (Å²) in [4.78, 5) is 47.2. The van der Waals surface area contributed by atoms with E-state index in [0.717, 1.165) is 0 Å². The minimum Gasteiger partial charge on any atom is -0.491 e. The first-order valence-electron chi connectivity index (χ1n) is 12.1.